The summed E-state index contributed by atoms with van der Waals surface area (Å²) < 4.78 is 5.16. The lowest BCUT2D eigenvalue weighted by Crippen LogP contribution is -2.28. The van der Waals surface area contributed by atoms with E-state index in [9.17, 15) is 9.59 Å². The summed E-state index contributed by atoms with van der Waals surface area (Å²) >= 11 is 0. The molecule has 0 aliphatic rings. The van der Waals surface area contributed by atoms with Gasteiger partial charge >= 0.3 is 5.97 Å². The molecule has 0 atom stereocenters. The summed E-state index contributed by atoms with van der Waals surface area (Å²) in [6, 6.07) is 6.78. The van der Waals surface area contributed by atoms with Crippen molar-refractivity contribution in [2.75, 3.05) is 6.54 Å². The van der Waals surface area contributed by atoms with Crippen molar-refractivity contribution in [2.24, 2.45) is 0 Å². The van der Waals surface area contributed by atoms with Gasteiger partial charge in [-0.2, -0.15) is 4.80 Å². The third-order valence-corrected chi connectivity index (χ3v) is 2.81. The highest BCUT2D eigenvalue weighted by atomic mass is 16.5. The fourth-order valence-electron chi connectivity index (χ4n) is 1.87. The van der Waals surface area contributed by atoms with Crippen LogP contribution in [0.15, 0.2) is 24.3 Å². The van der Waals surface area contributed by atoms with Crippen LogP contribution in [-0.4, -0.2) is 44.7 Å². The molecule has 0 fully saturated rings. The Hall–Kier alpha value is -2.77. The van der Waals surface area contributed by atoms with Crippen LogP contribution in [0.2, 0.25) is 0 Å². The first kappa shape index (κ1) is 16.6. The van der Waals surface area contributed by atoms with E-state index in [0.29, 0.717) is 23.5 Å². The van der Waals surface area contributed by atoms with Crippen LogP contribution in [-0.2, 0) is 16.1 Å². The van der Waals surface area contributed by atoms with Crippen molar-refractivity contribution in [3.63, 3.8) is 0 Å². The van der Waals surface area contributed by atoms with Gasteiger partial charge in [0.1, 0.15) is 6.54 Å². The second-order valence-electron chi connectivity index (χ2n) is 5.13. The number of hydrogen-bond donors (Lipinski definition) is 1. The Morgan fingerprint density at radius 1 is 1.35 bits per heavy atom. The van der Waals surface area contributed by atoms with E-state index in [1.807, 2.05) is 6.92 Å². The minimum absolute atomic E-state index is 0.00405. The predicted octanol–water partition coefficient (Wildman–Crippen LogP) is 1.04. The van der Waals surface area contributed by atoms with Crippen molar-refractivity contribution in [2.45, 2.75) is 33.4 Å². The van der Waals surface area contributed by atoms with Crippen molar-refractivity contribution < 1.29 is 14.3 Å². The quantitative estimate of drug-likeness (QED) is 0.799. The van der Waals surface area contributed by atoms with E-state index in [4.69, 9.17) is 4.74 Å². The lowest BCUT2D eigenvalue weighted by molar-refractivity contribution is -0.121. The van der Waals surface area contributed by atoms with Crippen LogP contribution >= 0.6 is 0 Å². The summed E-state index contributed by atoms with van der Waals surface area (Å²) in [4.78, 5) is 24.6. The van der Waals surface area contributed by atoms with Crippen LogP contribution in [0.5, 0.6) is 0 Å². The van der Waals surface area contributed by atoms with E-state index < -0.39 is 5.97 Å². The summed E-state index contributed by atoms with van der Waals surface area (Å²) in [6.45, 7) is 5.95. The number of likely N-dealkylation sites (N-methyl/N-ethyl adjacent to an activating group) is 1. The third-order valence-electron chi connectivity index (χ3n) is 2.81. The van der Waals surface area contributed by atoms with Gasteiger partial charge in [-0.05, 0) is 38.1 Å². The summed E-state index contributed by atoms with van der Waals surface area (Å²) in [5.74, 6) is -0.254. The molecule has 8 heteroatoms. The van der Waals surface area contributed by atoms with Crippen LogP contribution in [0.4, 0.5) is 0 Å². The van der Waals surface area contributed by atoms with Crippen molar-refractivity contribution >= 4 is 11.9 Å². The number of nitrogens with one attached hydrogen (secondary N) is 1. The van der Waals surface area contributed by atoms with Crippen LogP contribution in [0, 0.1) is 0 Å². The maximum atomic E-state index is 11.9. The molecule has 0 unspecified atom stereocenters. The number of nitrogens with zero attached hydrogens (tertiary/aromatic N) is 4. The molecule has 122 valence electrons. The third kappa shape index (κ3) is 4.60. The first-order chi connectivity index (χ1) is 11.0. The van der Waals surface area contributed by atoms with Gasteiger partial charge in [0.15, 0.2) is 0 Å². The number of ether oxygens (including phenoxy) is 1. The average molecular weight is 317 g/mol. The van der Waals surface area contributed by atoms with Gasteiger partial charge in [0, 0.05) is 12.1 Å². The van der Waals surface area contributed by atoms with Crippen LogP contribution < -0.4 is 5.32 Å². The number of amides is 1. The van der Waals surface area contributed by atoms with Crippen LogP contribution in [0.1, 0.15) is 31.1 Å². The first-order valence-corrected chi connectivity index (χ1v) is 7.35. The van der Waals surface area contributed by atoms with Crippen molar-refractivity contribution in [1.82, 2.24) is 25.5 Å². The molecule has 1 aromatic heterocycles. The maximum Gasteiger partial charge on any atom is 0.338 e. The summed E-state index contributed by atoms with van der Waals surface area (Å²) in [5, 5.41) is 14.5. The Labute approximate surface area is 133 Å². The molecule has 0 spiro atoms. The van der Waals surface area contributed by atoms with E-state index in [2.05, 4.69) is 20.7 Å². The number of esters is 1. The Kier molecular flexibility index (Phi) is 5.40. The molecule has 2 aromatic rings. The minimum atomic E-state index is -0.406. The summed E-state index contributed by atoms with van der Waals surface area (Å²) in [5.41, 5.74) is 1.04. The van der Waals surface area contributed by atoms with E-state index in [-0.39, 0.29) is 18.6 Å². The van der Waals surface area contributed by atoms with Crippen LogP contribution in [0.3, 0.4) is 0 Å². The van der Waals surface area contributed by atoms with Gasteiger partial charge in [0.25, 0.3) is 0 Å². The Balaban J connectivity index is 2.15. The zero-order valence-electron chi connectivity index (χ0n) is 13.3. The lowest BCUT2D eigenvalue weighted by atomic mass is 10.1. The van der Waals surface area contributed by atoms with Crippen molar-refractivity contribution in [3.8, 4) is 11.4 Å². The molecule has 1 heterocycles. The molecule has 2 rings (SSSR count). The molecule has 23 heavy (non-hydrogen) atoms. The summed E-state index contributed by atoms with van der Waals surface area (Å²) in [7, 11) is 0. The van der Waals surface area contributed by atoms with Gasteiger partial charge in [-0.15, -0.1) is 10.2 Å². The van der Waals surface area contributed by atoms with E-state index >= 15 is 0 Å². The Morgan fingerprint density at radius 2 is 2.13 bits per heavy atom. The standard InChI is InChI=1S/C15H19N5O3/c1-4-16-13(21)9-20-18-14(17-19-20)11-6-5-7-12(8-11)15(22)23-10(2)3/h5-8,10H,4,9H2,1-3H3,(H,16,21). The maximum absolute atomic E-state index is 11.9. The van der Waals surface area contributed by atoms with Gasteiger partial charge in [0.2, 0.25) is 11.7 Å². The minimum Gasteiger partial charge on any atom is -0.459 e. The number of benzene rings is 1. The van der Waals surface area contributed by atoms with Gasteiger partial charge < -0.3 is 10.1 Å². The second kappa shape index (κ2) is 7.48. The Bertz CT molecular complexity index is 696. The molecule has 0 radical (unpaired) electrons. The second-order valence-corrected chi connectivity index (χ2v) is 5.13. The normalized spacial score (nSPS) is 10.6. The van der Waals surface area contributed by atoms with E-state index in [1.54, 1.807) is 38.1 Å². The highest BCUT2D eigenvalue weighted by molar-refractivity contribution is 5.90. The first-order valence-electron chi connectivity index (χ1n) is 7.35. The average Bonchev–Trinajstić information content (AvgIpc) is 2.95. The van der Waals surface area contributed by atoms with Crippen molar-refractivity contribution in [1.29, 1.82) is 0 Å². The SMILES string of the molecule is CCNC(=O)Cn1nnc(-c2cccc(C(=O)OC(C)C)c2)n1. The molecule has 0 saturated carbocycles. The Morgan fingerprint density at radius 3 is 2.83 bits per heavy atom. The van der Waals surface area contributed by atoms with Gasteiger partial charge in [-0.25, -0.2) is 4.79 Å². The highest BCUT2D eigenvalue weighted by Crippen LogP contribution is 2.16. The zero-order valence-corrected chi connectivity index (χ0v) is 13.3. The molecule has 8 nitrogen and oxygen atoms in total. The summed E-state index contributed by atoms with van der Waals surface area (Å²) in [6.07, 6.45) is -0.192. The molecule has 0 saturated heterocycles. The number of tetrazole rings is 1. The molecule has 0 aliphatic heterocycles. The zero-order chi connectivity index (χ0) is 16.8. The molecule has 0 bridgehead atoms. The van der Waals surface area contributed by atoms with Crippen LogP contribution in [0.25, 0.3) is 11.4 Å². The lowest BCUT2D eigenvalue weighted by Gasteiger charge is -2.08. The largest absolute Gasteiger partial charge is 0.459 e. The molecule has 0 aliphatic carbocycles. The highest BCUT2D eigenvalue weighted by Gasteiger charge is 2.13. The fraction of sp³-hybridized carbons (Fsp3) is 0.400. The number of carbonyl (C=O) groups excluding carboxylic acids is 2. The van der Waals surface area contributed by atoms with E-state index in [0.717, 1.165) is 0 Å². The topological polar surface area (TPSA) is 99.0 Å². The number of rotatable bonds is 6. The molecule has 1 amide bonds. The number of aromatic nitrogens is 4. The predicted molar refractivity (Wildman–Crippen MR) is 82.5 cm³/mol. The molecular weight excluding hydrogens is 298 g/mol. The number of carbonyl (C=O) groups is 2. The number of hydrogen-bond acceptors (Lipinski definition) is 6. The van der Waals surface area contributed by atoms with Gasteiger partial charge in [-0.3, -0.25) is 4.79 Å². The molecule has 1 N–H and O–H groups in total. The van der Waals surface area contributed by atoms with E-state index in [1.165, 1.54) is 4.80 Å². The van der Waals surface area contributed by atoms with Gasteiger partial charge in [-0.1, -0.05) is 12.1 Å². The van der Waals surface area contributed by atoms with Crippen molar-refractivity contribution in [3.05, 3.63) is 29.8 Å². The molecular formula is C15H19N5O3. The molecule has 1 aromatic carbocycles. The smallest absolute Gasteiger partial charge is 0.338 e. The van der Waals surface area contributed by atoms with Gasteiger partial charge in [0.05, 0.1) is 11.7 Å². The fourth-order valence-corrected chi connectivity index (χ4v) is 1.87. The monoisotopic (exact) mass is 317 g/mol.